The van der Waals surface area contributed by atoms with Gasteiger partial charge in [0.15, 0.2) is 5.78 Å². The minimum atomic E-state index is -0.679. The van der Waals surface area contributed by atoms with Crippen LogP contribution in [0.3, 0.4) is 0 Å². The Morgan fingerprint density at radius 3 is 2.27 bits per heavy atom. The number of hydrogen-bond acceptors (Lipinski definition) is 1. The van der Waals surface area contributed by atoms with Crippen LogP contribution in [-0.2, 0) is 5.11 Å². The van der Waals surface area contributed by atoms with E-state index in [1.807, 2.05) is 0 Å². The van der Waals surface area contributed by atoms with Gasteiger partial charge in [0.25, 0.3) is 0 Å². The van der Waals surface area contributed by atoms with E-state index in [2.05, 4.69) is 15.9 Å². The molecule has 1 radical (unpaired) electrons. The first-order valence-electron chi connectivity index (χ1n) is 3.11. The number of hydrogen-bond donors (Lipinski definition) is 0. The van der Waals surface area contributed by atoms with E-state index in [0.29, 0.717) is 5.56 Å². The summed E-state index contributed by atoms with van der Waals surface area (Å²) in [5.74, 6) is -0.363. The highest BCUT2D eigenvalue weighted by atomic mass is 79.9. The summed E-state index contributed by atoms with van der Waals surface area (Å²) in [6.07, 6.45) is 0. The zero-order valence-electron chi connectivity index (χ0n) is 5.71. The van der Waals surface area contributed by atoms with E-state index < -0.39 is 6.61 Å². The molecule has 1 rings (SSSR count). The van der Waals surface area contributed by atoms with Gasteiger partial charge in [0.05, 0.1) is 0 Å². The predicted molar refractivity (Wildman–Crippen MR) is 44.0 cm³/mol. The molecular formula is C8H6BrO2. The van der Waals surface area contributed by atoms with Crippen LogP contribution in [0.25, 0.3) is 0 Å². The number of ketones is 1. The van der Waals surface area contributed by atoms with Crippen LogP contribution in [0.5, 0.6) is 0 Å². The normalized spacial score (nSPS) is 9.64. The monoisotopic (exact) mass is 213 g/mol. The molecule has 0 atom stereocenters. The van der Waals surface area contributed by atoms with Crippen LogP contribution >= 0.6 is 15.9 Å². The van der Waals surface area contributed by atoms with Gasteiger partial charge in [0.2, 0.25) is 0 Å². The van der Waals surface area contributed by atoms with E-state index in [0.717, 1.165) is 4.47 Å². The quantitative estimate of drug-likeness (QED) is 0.694. The molecule has 11 heavy (non-hydrogen) atoms. The average Bonchev–Trinajstić information content (AvgIpc) is 2.05. The highest BCUT2D eigenvalue weighted by Crippen LogP contribution is 2.10. The topological polar surface area (TPSA) is 37.0 Å². The first-order chi connectivity index (χ1) is 5.24. The smallest absolute Gasteiger partial charge is 0.191 e. The van der Waals surface area contributed by atoms with Crippen molar-refractivity contribution in [2.24, 2.45) is 0 Å². The third-order valence-corrected chi connectivity index (χ3v) is 1.83. The van der Waals surface area contributed by atoms with Crippen LogP contribution in [-0.4, -0.2) is 12.4 Å². The lowest BCUT2D eigenvalue weighted by Gasteiger charge is -1.94. The van der Waals surface area contributed by atoms with Gasteiger partial charge in [-0.25, -0.2) is 5.11 Å². The fourth-order valence-electron chi connectivity index (χ4n) is 0.719. The molecule has 0 fully saturated rings. The number of rotatable bonds is 2. The minimum Gasteiger partial charge on any atom is -0.291 e. The molecular weight excluding hydrogens is 208 g/mol. The van der Waals surface area contributed by atoms with Crippen molar-refractivity contribution < 1.29 is 9.90 Å². The second-order valence-electron chi connectivity index (χ2n) is 2.07. The molecule has 0 aliphatic heterocycles. The van der Waals surface area contributed by atoms with Gasteiger partial charge in [-0.1, -0.05) is 28.1 Å². The summed E-state index contributed by atoms with van der Waals surface area (Å²) in [5.41, 5.74) is 0.475. The molecule has 0 aliphatic rings. The lowest BCUT2D eigenvalue weighted by atomic mass is 10.1. The van der Waals surface area contributed by atoms with Gasteiger partial charge in [-0.2, -0.15) is 0 Å². The Morgan fingerprint density at radius 2 is 1.82 bits per heavy atom. The molecule has 57 valence electrons. The van der Waals surface area contributed by atoms with Crippen molar-refractivity contribution >= 4 is 21.7 Å². The molecule has 0 N–H and O–H groups in total. The Bertz CT molecular complexity index is 253. The van der Waals surface area contributed by atoms with Crippen LogP contribution in [0.1, 0.15) is 10.4 Å². The molecule has 0 unspecified atom stereocenters. The van der Waals surface area contributed by atoms with Crippen molar-refractivity contribution in [1.29, 1.82) is 0 Å². The predicted octanol–water partition coefficient (Wildman–Crippen LogP) is 2.06. The van der Waals surface area contributed by atoms with Crippen LogP contribution in [0.15, 0.2) is 28.7 Å². The molecule has 0 aromatic heterocycles. The Balaban J connectivity index is 2.90. The maximum absolute atomic E-state index is 10.8. The van der Waals surface area contributed by atoms with Crippen LogP contribution < -0.4 is 0 Å². The summed E-state index contributed by atoms with van der Waals surface area (Å²) in [4.78, 5) is 10.8. The second-order valence-corrected chi connectivity index (χ2v) is 2.99. The summed E-state index contributed by atoms with van der Waals surface area (Å²) in [7, 11) is 0. The van der Waals surface area contributed by atoms with Crippen molar-refractivity contribution in [1.82, 2.24) is 0 Å². The summed E-state index contributed by atoms with van der Waals surface area (Å²) in [5, 5.41) is 10.2. The lowest BCUT2D eigenvalue weighted by Crippen LogP contribution is -2.02. The summed E-state index contributed by atoms with van der Waals surface area (Å²) in [6, 6.07) is 6.74. The standard InChI is InChI=1S/C8H6BrO2/c9-7-3-1-6(2-4-7)8(11)5-10/h1-4H,5H2. The van der Waals surface area contributed by atoms with Crippen LogP contribution in [0.2, 0.25) is 0 Å². The molecule has 0 saturated heterocycles. The van der Waals surface area contributed by atoms with E-state index in [-0.39, 0.29) is 5.78 Å². The third kappa shape index (κ3) is 2.13. The van der Waals surface area contributed by atoms with Gasteiger partial charge < -0.3 is 0 Å². The van der Waals surface area contributed by atoms with Crippen molar-refractivity contribution in [2.75, 3.05) is 6.61 Å². The molecule has 0 saturated carbocycles. The Labute approximate surface area is 73.0 Å². The first kappa shape index (κ1) is 8.43. The van der Waals surface area contributed by atoms with Crippen LogP contribution in [0.4, 0.5) is 0 Å². The Kier molecular flexibility index (Phi) is 2.79. The molecule has 1 aromatic carbocycles. The van der Waals surface area contributed by atoms with Crippen LogP contribution in [0, 0.1) is 0 Å². The molecule has 0 bridgehead atoms. The van der Waals surface area contributed by atoms with E-state index >= 15 is 0 Å². The Morgan fingerprint density at radius 1 is 1.27 bits per heavy atom. The number of carbonyl (C=O) groups is 1. The van der Waals surface area contributed by atoms with Gasteiger partial charge in [-0.05, 0) is 12.1 Å². The lowest BCUT2D eigenvalue weighted by molar-refractivity contribution is 0.0827. The second kappa shape index (κ2) is 3.64. The van der Waals surface area contributed by atoms with Crippen molar-refractivity contribution in [3.05, 3.63) is 34.3 Å². The summed E-state index contributed by atoms with van der Waals surface area (Å²) >= 11 is 3.23. The molecule has 1 aromatic rings. The molecule has 2 nitrogen and oxygen atoms in total. The highest BCUT2D eigenvalue weighted by Gasteiger charge is 2.02. The summed E-state index contributed by atoms with van der Waals surface area (Å²) in [6.45, 7) is -0.679. The third-order valence-electron chi connectivity index (χ3n) is 1.30. The van der Waals surface area contributed by atoms with Crippen molar-refractivity contribution in [3.63, 3.8) is 0 Å². The van der Waals surface area contributed by atoms with Gasteiger partial charge in [-0.15, -0.1) is 0 Å². The SMILES string of the molecule is [O]CC(=O)c1ccc(Br)cc1. The number of halogens is 1. The zero-order chi connectivity index (χ0) is 8.27. The number of carbonyl (C=O) groups excluding carboxylic acids is 1. The Hall–Kier alpha value is -0.670. The van der Waals surface area contributed by atoms with Crippen molar-refractivity contribution in [2.45, 2.75) is 0 Å². The van der Waals surface area contributed by atoms with Gasteiger partial charge in [-0.3, -0.25) is 4.79 Å². The largest absolute Gasteiger partial charge is 0.291 e. The van der Waals surface area contributed by atoms with Gasteiger partial charge in [0.1, 0.15) is 6.61 Å². The van der Waals surface area contributed by atoms with E-state index in [1.54, 1.807) is 24.3 Å². The van der Waals surface area contributed by atoms with E-state index in [4.69, 9.17) is 0 Å². The highest BCUT2D eigenvalue weighted by molar-refractivity contribution is 9.10. The fraction of sp³-hybridized carbons (Fsp3) is 0.125. The van der Waals surface area contributed by atoms with Gasteiger partial charge >= 0.3 is 0 Å². The van der Waals surface area contributed by atoms with E-state index in [9.17, 15) is 9.90 Å². The maximum atomic E-state index is 10.8. The molecule has 0 heterocycles. The van der Waals surface area contributed by atoms with E-state index in [1.165, 1.54) is 0 Å². The molecule has 0 aliphatic carbocycles. The van der Waals surface area contributed by atoms with Crippen molar-refractivity contribution in [3.8, 4) is 0 Å². The average molecular weight is 214 g/mol. The molecule has 0 spiro atoms. The minimum absolute atomic E-state index is 0.363. The summed E-state index contributed by atoms with van der Waals surface area (Å²) < 4.78 is 0.903. The molecule has 0 amide bonds. The number of benzene rings is 1. The molecule has 3 heteroatoms. The number of Topliss-reactive ketones (excluding diaryl/α,β-unsaturated/α-hetero) is 1. The maximum Gasteiger partial charge on any atom is 0.191 e. The fourth-order valence-corrected chi connectivity index (χ4v) is 0.983. The first-order valence-corrected chi connectivity index (χ1v) is 3.90. The van der Waals surface area contributed by atoms with Gasteiger partial charge in [0, 0.05) is 10.0 Å². The zero-order valence-corrected chi connectivity index (χ0v) is 7.30.